The third-order valence-electron chi connectivity index (χ3n) is 2.51. The maximum absolute atomic E-state index is 8.83. The average Bonchev–Trinajstić information content (AvgIpc) is 3.09. The number of methoxy groups -OCH3 is 1. The van der Waals surface area contributed by atoms with Gasteiger partial charge in [0, 0.05) is 6.07 Å². The van der Waals surface area contributed by atoms with Gasteiger partial charge in [0.2, 0.25) is 0 Å². The molecular formula is C12H12ClNO2. The first-order valence-corrected chi connectivity index (χ1v) is 5.53. The quantitative estimate of drug-likeness (QED) is 0.809. The molecule has 1 aromatic rings. The molecule has 1 aliphatic rings. The van der Waals surface area contributed by atoms with E-state index in [-0.39, 0.29) is 0 Å². The Morgan fingerprint density at radius 2 is 2.25 bits per heavy atom. The molecule has 16 heavy (non-hydrogen) atoms. The molecule has 0 amide bonds. The maximum Gasteiger partial charge on any atom is 0.179 e. The van der Waals surface area contributed by atoms with Gasteiger partial charge in [-0.1, -0.05) is 11.6 Å². The summed E-state index contributed by atoms with van der Waals surface area (Å²) in [5.74, 6) is 1.70. The normalized spacial score (nSPS) is 14.3. The molecule has 4 heteroatoms. The van der Waals surface area contributed by atoms with Gasteiger partial charge in [0.15, 0.2) is 11.5 Å². The van der Waals surface area contributed by atoms with Gasteiger partial charge in [0.05, 0.1) is 30.4 Å². The van der Waals surface area contributed by atoms with Crippen LogP contribution in [0.15, 0.2) is 12.1 Å². The lowest BCUT2D eigenvalue weighted by Crippen LogP contribution is -2.01. The summed E-state index contributed by atoms with van der Waals surface area (Å²) in [5.41, 5.74) is 0.483. The van der Waals surface area contributed by atoms with Crippen molar-refractivity contribution in [1.82, 2.24) is 0 Å². The Morgan fingerprint density at radius 3 is 2.81 bits per heavy atom. The summed E-state index contributed by atoms with van der Waals surface area (Å²) in [4.78, 5) is 0. The topological polar surface area (TPSA) is 42.2 Å². The van der Waals surface area contributed by atoms with E-state index in [0.717, 1.165) is 0 Å². The highest BCUT2D eigenvalue weighted by molar-refractivity contribution is 6.32. The molecule has 0 N–H and O–H groups in total. The number of rotatable bonds is 4. The van der Waals surface area contributed by atoms with Crippen LogP contribution < -0.4 is 9.47 Å². The van der Waals surface area contributed by atoms with Crippen LogP contribution in [0.3, 0.4) is 0 Å². The fourth-order valence-corrected chi connectivity index (χ4v) is 1.72. The van der Waals surface area contributed by atoms with Crippen molar-refractivity contribution in [2.75, 3.05) is 13.7 Å². The summed E-state index contributed by atoms with van der Waals surface area (Å²) in [7, 11) is 1.54. The zero-order chi connectivity index (χ0) is 11.5. The van der Waals surface area contributed by atoms with Crippen LogP contribution in [-0.4, -0.2) is 13.7 Å². The molecule has 2 rings (SSSR count). The van der Waals surface area contributed by atoms with Gasteiger partial charge in [-0.15, -0.1) is 0 Å². The van der Waals surface area contributed by atoms with E-state index < -0.39 is 0 Å². The van der Waals surface area contributed by atoms with Crippen LogP contribution in [0.4, 0.5) is 0 Å². The molecule has 0 unspecified atom stereocenters. The molecule has 0 radical (unpaired) electrons. The van der Waals surface area contributed by atoms with Crippen molar-refractivity contribution in [1.29, 1.82) is 5.26 Å². The van der Waals surface area contributed by atoms with Gasteiger partial charge >= 0.3 is 0 Å². The first-order chi connectivity index (χ1) is 7.74. The summed E-state index contributed by atoms with van der Waals surface area (Å²) < 4.78 is 10.8. The summed E-state index contributed by atoms with van der Waals surface area (Å²) >= 11 is 5.99. The predicted molar refractivity (Wildman–Crippen MR) is 60.9 cm³/mol. The molecule has 0 bridgehead atoms. The smallest absolute Gasteiger partial charge is 0.179 e. The van der Waals surface area contributed by atoms with E-state index in [1.807, 2.05) is 6.07 Å². The molecule has 0 saturated heterocycles. The standard InChI is InChI=1S/C12H12ClNO2/c1-15-12-10(13)4-9(6-14)5-11(12)16-7-8-2-3-8/h4-5,8H,2-3,7H2,1H3. The van der Waals surface area contributed by atoms with Crippen molar-refractivity contribution >= 4 is 11.6 Å². The van der Waals surface area contributed by atoms with Gasteiger partial charge in [-0.3, -0.25) is 0 Å². The van der Waals surface area contributed by atoms with Crippen LogP contribution in [0.25, 0.3) is 0 Å². The summed E-state index contributed by atoms with van der Waals surface area (Å²) in [6, 6.07) is 5.28. The number of hydrogen-bond acceptors (Lipinski definition) is 3. The van der Waals surface area contributed by atoms with Crippen molar-refractivity contribution < 1.29 is 9.47 Å². The Balaban J connectivity index is 2.24. The number of nitrogens with zero attached hydrogens (tertiary/aromatic N) is 1. The van der Waals surface area contributed by atoms with Gasteiger partial charge in [-0.25, -0.2) is 0 Å². The highest BCUT2D eigenvalue weighted by Gasteiger charge is 2.23. The Kier molecular flexibility index (Phi) is 3.21. The summed E-state index contributed by atoms with van der Waals surface area (Å²) in [5, 5.41) is 9.24. The second kappa shape index (κ2) is 4.63. The predicted octanol–water partition coefficient (Wildman–Crippen LogP) is 3.01. The van der Waals surface area contributed by atoms with Crippen molar-refractivity contribution in [3.63, 3.8) is 0 Å². The van der Waals surface area contributed by atoms with Gasteiger partial charge in [-0.2, -0.15) is 5.26 Å². The highest BCUT2D eigenvalue weighted by Crippen LogP contribution is 2.38. The van der Waals surface area contributed by atoms with E-state index in [1.165, 1.54) is 20.0 Å². The molecule has 0 heterocycles. The molecule has 1 saturated carbocycles. The third kappa shape index (κ3) is 2.40. The van der Waals surface area contributed by atoms with Gasteiger partial charge in [0.25, 0.3) is 0 Å². The minimum atomic E-state index is 0.410. The fraction of sp³-hybridized carbons (Fsp3) is 0.417. The van der Waals surface area contributed by atoms with Crippen LogP contribution >= 0.6 is 11.6 Å². The second-order valence-electron chi connectivity index (χ2n) is 3.86. The molecule has 0 aromatic heterocycles. The Hall–Kier alpha value is -1.40. The van der Waals surface area contributed by atoms with E-state index in [4.69, 9.17) is 26.3 Å². The molecule has 0 aliphatic heterocycles. The number of halogens is 1. The van der Waals surface area contributed by atoms with Crippen LogP contribution in [0.1, 0.15) is 18.4 Å². The van der Waals surface area contributed by atoms with Crippen LogP contribution in [0, 0.1) is 17.2 Å². The van der Waals surface area contributed by atoms with Crippen molar-refractivity contribution in [2.45, 2.75) is 12.8 Å². The Morgan fingerprint density at radius 1 is 1.50 bits per heavy atom. The largest absolute Gasteiger partial charge is 0.491 e. The molecule has 3 nitrogen and oxygen atoms in total. The monoisotopic (exact) mass is 237 g/mol. The van der Waals surface area contributed by atoms with Crippen LogP contribution in [0.5, 0.6) is 11.5 Å². The lowest BCUT2D eigenvalue weighted by atomic mass is 10.2. The van der Waals surface area contributed by atoms with Gasteiger partial charge in [0.1, 0.15) is 0 Å². The summed E-state index contributed by atoms with van der Waals surface area (Å²) in [6.07, 6.45) is 2.43. The van der Waals surface area contributed by atoms with Crippen LogP contribution in [0.2, 0.25) is 5.02 Å². The molecule has 0 spiro atoms. The van der Waals surface area contributed by atoms with E-state index in [9.17, 15) is 0 Å². The number of nitriles is 1. The van der Waals surface area contributed by atoms with E-state index in [0.29, 0.717) is 34.6 Å². The number of benzene rings is 1. The van der Waals surface area contributed by atoms with E-state index in [2.05, 4.69) is 0 Å². The first kappa shape index (κ1) is 11.1. The highest BCUT2D eigenvalue weighted by atomic mass is 35.5. The fourth-order valence-electron chi connectivity index (χ4n) is 1.43. The van der Waals surface area contributed by atoms with Gasteiger partial charge < -0.3 is 9.47 Å². The van der Waals surface area contributed by atoms with Crippen molar-refractivity contribution in [3.8, 4) is 17.6 Å². The molecule has 1 fully saturated rings. The minimum Gasteiger partial charge on any atom is -0.491 e. The van der Waals surface area contributed by atoms with E-state index in [1.54, 1.807) is 12.1 Å². The minimum absolute atomic E-state index is 0.410. The second-order valence-corrected chi connectivity index (χ2v) is 4.26. The van der Waals surface area contributed by atoms with E-state index >= 15 is 0 Å². The summed E-state index contributed by atoms with van der Waals surface area (Å²) in [6.45, 7) is 0.668. The third-order valence-corrected chi connectivity index (χ3v) is 2.79. The Bertz CT molecular complexity index is 435. The van der Waals surface area contributed by atoms with Crippen LogP contribution in [-0.2, 0) is 0 Å². The zero-order valence-corrected chi connectivity index (χ0v) is 9.75. The zero-order valence-electron chi connectivity index (χ0n) is 9.00. The molecule has 84 valence electrons. The Labute approximate surface area is 99.5 Å². The average molecular weight is 238 g/mol. The molecule has 1 aromatic carbocycles. The number of ether oxygens (including phenoxy) is 2. The lowest BCUT2D eigenvalue weighted by molar-refractivity contribution is 0.280. The lowest BCUT2D eigenvalue weighted by Gasteiger charge is -2.11. The van der Waals surface area contributed by atoms with Gasteiger partial charge in [-0.05, 0) is 24.8 Å². The SMILES string of the molecule is COc1c(Cl)cc(C#N)cc1OCC1CC1. The molecule has 0 atom stereocenters. The molecule has 1 aliphatic carbocycles. The van der Waals surface area contributed by atoms with Crippen molar-refractivity contribution in [3.05, 3.63) is 22.7 Å². The molecular weight excluding hydrogens is 226 g/mol. The first-order valence-electron chi connectivity index (χ1n) is 5.15. The maximum atomic E-state index is 8.83. The number of hydrogen-bond donors (Lipinski definition) is 0. The van der Waals surface area contributed by atoms with Crippen molar-refractivity contribution in [2.24, 2.45) is 5.92 Å².